The van der Waals surface area contributed by atoms with Crippen LogP contribution in [-0.4, -0.2) is 30.4 Å². The summed E-state index contributed by atoms with van der Waals surface area (Å²) >= 11 is 0. The summed E-state index contributed by atoms with van der Waals surface area (Å²) in [6.45, 7) is 8.88. The summed E-state index contributed by atoms with van der Waals surface area (Å²) in [4.78, 5) is 13.7. The van der Waals surface area contributed by atoms with Gasteiger partial charge in [-0.25, -0.2) is 5.84 Å². The first-order chi connectivity index (χ1) is 6.88. The summed E-state index contributed by atoms with van der Waals surface area (Å²) in [5.74, 6) is 5.05. The zero-order valence-electron chi connectivity index (χ0n) is 10.6. The van der Waals surface area contributed by atoms with Gasteiger partial charge in [0.1, 0.15) is 0 Å². The first-order valence-electron chi connectivity index (χ1n) is 5.60. The second-order valence-corrected chi connectivity index (χ2v) is 4.74. The quantitative estimate of drug-likeness (QED) is 0.396. The fourth-order valence-corrected chi connectivity index (χ4v) is 1.93. The first-order valence-corrected chi connectivity index (χ1v) is 5.60. The van der Waals surface area contributed by atoms with Crippen molar-refractivity contribution >= 4 is 5.91 Å². The van der Waals surface area contributed by atoms with Crippen molar-refractivity contribution in [2.75, 3.05) is 13.6 Å². The molecule has 4 heteroatoms. The number of carbonyl (C=O) groups is 1. The lowest BCUT2D eigenvalue weighted by atomic mass is 9.91. The number of nitrogens with one attached hydrogen (secondary N) is 1. The van der Waals surface area contributed by atoms with Crippen molar-refractivity contribution in [1.82, 2.24) is 10.3 Å². The van der Waals surface area contributed by atoms with Crippen LogP contribution in [-0.2, 0) is 4.79 Å². The fourth-order valence-electron chi connectivity index (χ4n) is 1.93. The molecule has 0 rings (SSSR count). The van der Waals surface area contributed by atoms with Crippen molar-refractivity contribution in [3.05, 3.63) is 0 Å². The molecule has 0 saturated heterocycles. The summed E-state index contributed by atoms with van der Waals surface area (Å²) in [7, 11) is 2.06. The Balaban J connectivity index is 4.37. The Morgan fingerprint density at radius 2 is 1.87 bits per heavy atom. The van der Waals surface area contributed by atoms with Crippen LogP contribution in [0.4, 0.5) is 0 Å². The molecule has 0 heterocycles. The summed E-state index contributed by atoms with van der Waals surface area (Å²) in [6.07, 6.45) is 2.21. The van der Waals surface area contributed by atoms with E-state index in [1.54, 1.807) is 0 Å². The lowest BCUT2D eigenvalue weighted by Crippen LogP contribution is -2.48. The largest absolute Gasteiger partial charge is 0.302 e. The number of hydrazine groups is 1. The predicted molar refractivity (Wildman–Crippen MR) is 63.1 cm³/mol. The summed E-state index contributed by atoms with van der Waals surface area (Å²) in [6, 6.07) is 0.537. The SMILES string of the molecule is CCC(CC)N(C)CC(C)(C)C(=O)NN. The van der Waals surface area contributed by atoms with Crippen LogP contribution >= 0.6 is 0 Å². The van der Waals surface area contributed by atoms with Gasteiger partial charge in [0, 0.05) is 12.6 Å². The number of carbonyl (C=O) groups excluding carboxylic acids is 1. The number of hydrogen-bond donors (Lipinski definition) is 2. The number of hydrogen-bond acceptors (Lipinski definition) is 3. The summed E-state index contributed by atoms with van der Waals surface area (Å²) in [5.41, 5.74) is 1.78. The maximum atomic E-state index is 11.5. The molecule has 90 valence electrons. The third-order valence-electron chi connectivity index (χ3n) is 2.96. The Kier molecular flexibility index (Phi) is 5.83. The maximum absolute atomic E-state index is 11.5. The number of nitrogens with zero attached hydrogens (tertiary/aromatic N) is 1. The van der Waals surface area contributed by atoms with Crippen LogP contribution in [0, 0.1) is 5.41 Å². The Hall–Kier alpha value is -0.610. The molecule has 15 heavy (non-hydrogen) atoms. The summed E-state index contributed by atoms with van der Waals surface area (Å²) < 4.78 is 0. The van der Waals surface area contributed by atoms with Gasteiger partial charge in [-0.3, -0.25) is 10.2 Å². The molecule has 3 N–H and O–H groups in total. The highest BCUT2D eigenvalue weighted by Crippen LogP contribution is 2.19. The maximum Gasteiger partial charge on any atom is 0.240 e. The van der Waals surface area contributed by atoms with Gasteiger partial charge in [0.25, 0.3) is 0 Å². The monoisotopic (exact) mass is 215 g/mol. The zero-order chi connectivity index (χ0) is 12.1. The van der Waals surface area contributed by atoms with Gasteiger partial charge in [-0.05, 0) is 33.7 Å². The minimum atomic E-state index is -0.438. The van der Waals surface area contributed by atoms with Crippen molar-refractivity contribution in [2.24, 2.45) is 11.3 Å². The molecule has 0 aromatic heterocycles. The van der Waals surface area contributed by atoms with Gasteiger partial charge < -0.3 is 4.90 Å². The summed E-state index contributed by atoms with van der Waals surface area (Å²) in [5, 5.41) is 0. The Morgan fingerprint density at radius 1 is 1.40 bits per heavy atom. The second kappa shape index (κ2) is 6.08. The van der Waals surface area contributed by atoms with E-state index >= 15 is 0 Å². The molecule has 0 aromatic carbocycles. The van der Waals surface area contributed by atoms with Gasteiger partial charge in [-0.15, -0.1) is 0 Å². The molecule has 0 fully saturated rings. The molecule has 0 aromatic rings. The molecular weight excluding hydrogens is 190 g/mol. The van der Waals surface area contributed by atoms with Crippen LogP contribution in [0.2, 0.25) is 0 Å². The number of rotatable bonds is 6. The van der Waals surface area contributed by atoms with Crippen LogP contribution in [0.1, 0.15) is 40.5 Å². The van der Waals surface area contributed by atoms with E-state index in [4.69, 9.17) is 5.84 Å². The smallest absolute Gasteiger partial charge is 0.240 e. The normalized spacial score (nSPS) is 12.3. The number of amides is 1. The average Bonchev–Trinajstić information content (AvgIpc) is 2.17. The molecule has 0 radical (unpaired) electrons. The van der Waals surface area contributed by atoms with E-state index in [9.17, 15) is 4.79 Å². The number of nitrogens with two attached hydrogens (primary N) is 1. The molecule has 0 aliphatic carbocycles. The van der Waals surface area contributed by atoms with Crippen molar-refractivity contribution < 1.29 is 4.79 Å². The first kappa shape index (κ1) is 14.4. The van der Waals surface area contributed by atoms with Crippen LogP contribution < -0.4 is 11.3 Å². The standard InChI is InChI=1S/C11H25N3O/c1-6-9(7-2)14(5)8-11(3,4)10(15)13-12/h9H,6-8,12H2,1-5H3,(H,13,15). The highest BCUT2D eigenvalue weighted by atomic mass is 16.2. The van der Waals surface area contributed by atoms with Crippen LogP contribution in [0.5, 0.6) is 0 Å². The van der Waals surface area contributed by atoms with Gasteiger partial charge in [-0.2, -0.15) is 0 Å². The molecule has 0 aliphatic rings. The minimum absolute atomic E-state index is 0.111. The van der Waals surface area contributed by atoms with Crippen LogP contribution in [0.3, 0.4) is 0 Å². The van der Waals surface area contributed by atoms with E-state index < -0.39 is 5.41 Å². The van der Waals surface area contributed by atoms with E-state index in [-0.39, 0.29) is 5.91 Å². The predicted octanol–water partition coefficient (Wildman–Crippen LogP) is 1.12. The van der Waals surface area contributed by atoms with E-state index in [2.05, 4.69) is 31.2 Å². The van der Waals surface area contributed by atoms with Gasteiger partial charge in [-0.1, -0.05) is 13.8 Å². The van der Waals surface area contributed by atoms with E-state index in [1.807, 2.05) is 13.8 Å². The topological polar surface area (TPSA) is 58.4 Å². The average molecular weight is 215 g/mol. The minimum Gasteiger partial charge on any atom is -0.302 e. The Labute approximate surface area is 93.2 Å². The third-order valence-corrected chi connectivity index (χ3v) is 2.96. The van der Waals surface area contributed by atoms with Gasteiger partial charge in [0.15, 0.2) is 0 Å². The molecule has 0 aliphatic heterocycles. The van der Waals surface area contributed by atoms with Crippen LogP contribution in [0.25, 0.3) is 0 Å². The Bertz CT molecular complexity index is 200. The molecule has 4 nitrogen and oxygen atoms in total. The molecule has 1 amide bonds. The van der Waals surface area contributed by atoms with Crippen LogP contribution in [0.15, 0.2) is 0 Å². The van der Waals surface area contributed by atoms with Gasteiger partial charge >= 0.3 is 0 Å². The van der Waals surface area contributed by atoms with Gasteiger partial charge in [0.2, 0.25) is 5.91 Å². The van der Waals surface area contributed by atoms with E-state index in [0.29, 0.717) is 6.04 Å². The molecule has 0 atom stereocenters. The lowest BCUT2D eigenvalue weighted by molar-refractivity contribution is -0.130. The molecular formula is C11H25N3O. The highest BCUT2D eigenvalue weighted by molar-refractivity contribution is 5.81. The lowest BCUT2D eigenvalue weighted by Gasteiger charge is -2.33. The molecule has 0 bridgehead atoms. The highest BCUT2D eigenvalue weighted by Gasteiger charge is 2.29. The van der Waals surface area contributed by atoms with E-state index in [1.165, 1.54) is 0 Å². The molecule has 0 spiro atoms. The molecule has 0 saturated carbocycles. The van der Waals surface area contributed by atoms with Crippen molar-refractivity contribution in [1.29, 1.82) is 0 Å². The second-order valence-electron chi connectivity index (χ2n) is 4.74. The zero-order valence-corrected chi connectivity index (χ0v) is 10.6. The van der Waals surface area contributed by atoms with Gasteiger partial charge in [0.05, 0.1) is 5.41 Å². The van der Waals surface area contributed by atoms with Crippen molar-refractivity contribution in [3.63, 3.8) is 0 Å². The van der Waals surface area contributed by atoms with E-state index in [0.717, 1.165) is 19.4 Å². The fraction of sp³-hybridized carbons (Fsp3) is 0.909. The third kappa shape index (κ3) is 4.18. The van der Waals surface area contributed by atoms with Crippen molar-refractivity contribution in [3.8, 4) is 0 Å². The Morgan fingerprint density at radius 3 is 2.20 bits per heavy atom. The molecule has 0 unspecified atom stereocenters. The van der Waals surface area contributed by atoms with Crippen molar-refractivity contribution in [2.45, 2.75) is 46.6 Å².